The summed E-state index contributed by atoms with van der Waals surface area (Å²) in [5, 5.41) is 0. The number of aryl methyl sites for hydroxylation is 1. The van der Waals surface area contributed by atoms with E-state index >= 15 is 0 Å². The Bertz CT molecular complexity index is 383. The van der Waals surface area contributed by atoms with Gasteiger partial charge < -0.3 is 9.64 Å². The van der Waals surface area contributed by atoms with E-state index in [1.807, 2.05) is 30.0 Å². The number of amides is 1. The number of ether oxygens (including phenoxy) is 1. The van der Waals surface area contributed by atoms with Crippen LogP contribution in [0.3, 0.4) is 0 Å². The first-order valence-corrected chi connectivity index (χ1v) is 5.16. The summed E-state index contributed by atoms with van der Waals surface area (Å²) >= 11 is 0. The first-order chi connectivity index (χ1) is 7.22. The molecule has 0 N–H and O–H groups in total. The number of carbonyl (C=O) groups is 1. The highest BCUT2D eigenvalue weighted by molar-refractivity contribution is 5.95. The van der Waals surface area contributed by atoms with Crippen molar-refractivity contribution in [3.8, 4) is 5.75 Å². The van der Waals surface area contributed by atoms with Gasteiger partial charge in [0.1, 0.15) is 5.75 Å². The number of nitrogens with zero attached hydrogens (tertiary/aromatic N) is 1. The maximum Gasteiger partial charge on any atom is 0.253 e. The second kappa shape index (κ2) is 3.93. The van der Waals surface area contributed by atoms with Gasteiger partial charge >= 0.3 is 0 Å². The van der Waals surface area contributed by atoms with Crippen LogP contribution in [0.1, 0.15) is 22.3 Å². The third-order valence-corrected chi connectivity index (χ3v) is 2.79. The third kappa shape index (κ3) is 1.82. The van der Waals surface area contributed by atoms with Crippen LogP contribution in [0.2, 0.25) is 0 Å². The zero-order chi connectivity index (χ0) is 10.8. The molecule has 0 spiro atoms. The molecule has 1 fully saturated rings. The van der Waals surface area contributed by atoms with Gasteiger partial charge in [-0.3, -0.25) is 4.79 Å². The van der Waals surface area contributed by atoms with E-state index in [-0.39, 0.29) is 5.91 Å². The number of likely N-dealkylation sites (tertiary alicyclic amines) is 1. The summed E-state index contributed by atoms with van der Waals surface area (Å²) in [6.45, 7) is 3.74. The van der Waals surface area contributed by atoms with Crippen LogP contribution in [0, 0.1) is 6.92 Å². The van der Waals surface area contributed by atoms with E-state index in [9.17, 15) is 4.79 Å². The van der Waals surface area contributed by atoms with Crippen LogP contribution < -0.4 is 4.74 Å². The molecule has 3 nitrogen and oxygen atoms in total. The summed E-state index contributed by atoms with van der Waals surface area (Å²) in [5.74, 6) is 0.960. The highest BCUT2D eigenvalue weighted by atomic mass is 16.5. The number of hydrogen-bond donors (Lipinski definition) is 0. The molecule has 0 aromatic heterocycles. The van der Waals surface area contributed by atoms with Gasteiger partial charge in [-0.15, -0.1) is 0 Å². The molecule has 0 saturated carbocycles. The van der Waals surface area contributed by atoms with Gasteiger partial charge in [0.15, 0.2) is 0 Å². The van der Waals surface area contributed by atoms with Gasteiger partial charge in [-0.05, 0) is 37.1 Å². The molecular formula is C12H15NO2. The molecule has 1 aromatic carbocycles. The molecule has 80 valence electrons. The fraction of sp³-hybridized carbons (Fsp3) is 0.417. The number of rotatable bonds is 2. The minimum Gasteiger partial charge on any atom is -0.496 e. The van der Waals surface area contributed by atoms with Crippen molar-refractivity contribution in [2.24, 2.45) is 0 Å². The lowest BCUT2D eigenvalue weighted by Gasteiger charge is -2.31. The molecule has 1 heterocycles. The zero-order valence-corrected chi connectivity index (χ0v) is 9.12. The second-order valence-electron chi connectivity index (χ2n) is 3.83. The topological polar surface area (TPSA) is 29.5 Å². The molecular weight excluding hydrogens is 190 g/mol. The molecule has 1 aliphatic heterocycles. The Labute approximate surface area is 89.7 Å². The van der Waals surface area contributed by atoms with E-state index in [1.165, 1.54) is 0 Å². The molecule has 1 amide bonds. The van der Waals surface area contributed by atoms with Crippen LogP contribution in [-0.4, -0.2) is 31.0 Å². The lowest BCUT2D eigenvalue weighted by atomic mass is 10.1. The first kappa shape index (κ1) is 10.0. The minimum atomic E-state index is 0.131. The predicted molar refractivity (Wildman–Crippen MR) is 58.3 cm³/mol. The van der Waals surface area contributed by atoms with Crippen molar-refractivity contribution >= 4 is 5.91 Å². The Morgan fingerprint density at radius 2 is 2.13 bits per heavy atom. The average molecular weight is 205 g/mol. The first-order valence-electron chi connectivity index (χ1n) is 5.16. The summed E-state index contributed by atoms with van der Waals surface area (Å²) in [5.41, 5.74) is 1.76. The number of carbonyl (C=O) groups excluding carboxylic acids is 1. The van der Waals surface area contributed by atoms with Crippen molar-refractivity contribution in [2.75, 3.05) is 20.2 Å². The Kier molecular flexibility index (Phi) is 2.62. The summed E-state index contributed by atoms with van der Waals surface area (Å²) in [4.78, 5) is 13.7. The fourth-order valence-corrected chi connectivity index (χ4v) is 1.71. The molecule has 3 heteroatoms. The van der Waals surface area contributed by atoms with Gasteiger partial charge in [0.2, 0.25) is 0 Å². The SMILES string of the molecule is COc1ccc(C(=O)N2CCC2)cc1C. The van der Waals surface area contributed by atoms with Crippen molar-refractivity contribution in [3.05, 3.63) is 29.3 Å². The highest BCUT2D eigenvalue weighted by Crippen LogP contribution is 2.20. The standard InChI is InChI=1S/C12H15NO2/c1-9-8-10(4-5-11(9)15-2)12(14)13-6-3-7-13/h4-5,8H,3,6-7H2,1-2H3. The Hall–Kier alpha value is -1.51. The lowest BCUT2D eigenvalue weighted by Crippen LogP contribution is -2.42. The quantitative estimate of drug-likeness (QED) is 0.737. The molecule has 0 atom stereocenters. The summed E-state index contributed by atoms with van der Waals surface area (Å²) in [7, 11) is 1.64. The van der Waals surface area contributed by atoms with Crippen LogP contribution >= 0.6 is 0 Å². The van der Waals surface area contributed by atoms with Crippen LogP contribution in [0.5, 0.6) is 5.75 Å². The predicted octanol–water partition coefficient (Wildman–Crippen LogP) is 1.85. The largest absolute Gasteiger partial charge is 0.496 e. The van der Waals surface area contributed by atoms with Gasteiger partial charge in [0, 0.05) is 18.7 Å². The Balaban J connectivity index is 2.21. The van der Waals surface area contributed by atoms with E-state index in [0.717, 1.165) is 36.4 Å². The van der Waals surface area contributed by atoms with Crippen molar-refractivity contribution < 1.29 is 9.53 Å². The summed E-state index contributed by atoms with van der Waals surface area (Å²) in [6, 6.07) is 5.56. The van der Waals surface area contributed by atoms with E-state index in [2.05, 4.69) is 0 Å². The van der Waals surface area contributed by atoms with E-state index in [4.69, 9.17) is 4.74 Å². The maximum absolute atomic E-state index is 11.9. The van der Waals surface area contributed by atoms with Crippen molar-refractivity contribution in [1.82, 2.24) is 4.90 Å². The van der Waals surface area contributed by atoms with Crippen LogP contribution in [0.15, 0.2) is 18.2 Å². The van der Waals surface area contributed by atoms with Gasteiger partial charge in [-0.25, -0.2) is 0 Å². The van der Waals surface area contributed by atoms with Gasteiger partial charge in [-0.2, -0.15) is 0 Å². The molecule has 15 heavy (non-hydrogen) atoms. The third-order valence-electron chi connectivity index (χ3n) is 2.79. The minimum absolute atomic E-state index is 0.131. The molecule has 1 aromatic rings. The smallest absolute Gasteiger partial charge is 0.253 e. The summed E-state index contributed by atoms with van der Waals surface area (Å²) in [6.07, 6.45) is 1.13. The van der Waals surface area contributed by atoms with E-state index in [0.29, 0.717) is 0 Å². The van der Waals surface area contributed by atoms with Crippen LogP contribution in [0.4, 0.5) is 0 Å². The maximum atomic E-state index is 11.9. The zero-order valence-electron chi connectivity index (χ0n) is 9.12. The second-order valence-corrected chi connectivity index (χ2v) is 3.83. The molecule has 1 aliphatic rings. The number of hydrogen-bond acceptors (Lipinski definition) is 2. The molecule has 1 saturated heterocycles. The molecule has 0 aliphatic carbocycles. The molecule has 2 rings (SSSR count). The van der Waals surface area contributed by atoms with Crippen LogP contribution in [0.25, 0.3) is 0 Å². The van der Waals surface area contributed by atoms with Gasteiger partial charge in [0.05, 0.1) is 7.11 Å². The van der Waals surface area contributed by atoms with Crippen molar-refractivity contribution in [3.63, 3.8) is 0 Å². The van der Waals surface area contributed by atoms with E-state index in [1.54, 1.807) is 7.11 Å². The van der Waals surface area contributed by atoms with Gasteiger partial charge in [-0.1, -0.05) is 0 Å². The lowest BCUT2D eigenvalue weighted by molar-refractivity contribution is 0.0651. The van der Waals surface area contributed by atoms with Gasteiger partial charge in [0.25, 0.3) is 5.91 Å². The monoisotopic (exact) mass is 205 g/mol. The molecule has 0 unspecified atom stereocenters. The fourth-order valence-electron chi connectivity index (χ4n) is 1.71. The summed E-state index contributed by atoms with van der Waals surface area (Å²) < 4.78 is 5.16. The molecule has 0 bridgehead atoms. The number of methoxy groups -OCH3 is 1. The van der Waals surface area contributed by atoms with Crippen molar-refractivity contribution in [2.45, 2.75) is 13.3 Å². The Morgan fingerprint density at radius 1 is 1.40 bits per heavy atom. The average Bonchev–Trinajstić information content (AvgIpc) is 2.15. The Morgan fingerprint density at radius 3 is 2.60 bits per heavy atom. The normalized spacial score (nSPS) is 14.7. The van der Waals surface area contributed by atoms with Crippen molar-refractivity contribution in [1.29, 1.82) is 0 Å². The van der Waals surface area contributed by atoms with E-state index < -0.39 is 0 Å². The highest BCUT2D eigenvalue weighted by Gasteiger charge is 2.21. The number of benzene rings is 1. The molecule has 0 radical (unpaired) electrons. The van der Waals surface area contributed by atoms with Crippen LogP contribution in [-0.2, 0) is 0 Å².